The summed E-state index contributed by atoms with van der Waals surface area (Å²) in [6.45, 7) is 2.04. The van der Waals surface area contributed by atoms with E-state index in [0.717, 1.165) is 0 Å². The summed E-state index contributed by atoms with van der Waals surface area (Å²) in [4.78, 5) is 22.5. The largest absolute Gasteiger partial charge is 0.465 e. The number of rotatable bonds is 4. The van der Waals surface area contributed by atoms with Crippen LogP contribution in [0.5, 0.6) is 0 Å². The van der Waals surface area contributed by atoms with Gasteiger partial charge in [-0.05, 0) is 36.8 Å². The minimum Gasteiger partial charge on any atom is -0.465 e. The minimum atomic E-state index is -0.479. The maximum absolute atomic E-state index is 11.4. The molecule has 1 rings (SSSR count). The van der Waals surface area contributed by atoms with Crippen LogP contribution in [0.2, 0.25) is 0 Å². The zero-order valence-corrected chi connectivity index (χ0v) is 10.3. The Hall–Kier alpha value is -2.30. The minimum absolute atomic E-state index is 0.313. The second-order valence-corrected chi connectivity index (χ2v) is 3.47. The molecule has 1 aromatic rings. The van der Waals surface area contributed by atoms with E-state index in [4.69, 9.17) is 10.5 Å². The van der Waals surface area contributed by atoms with Crippen LogP contribution in [0.25, 0.3) is 6.08 Å². The van der Waals surface area contributed by atoms with E-state index in [2.05, 4.69) is 4.74 Å². The van der Waals surface area contributed by atoms with E-state index < -0.39 is 11.9 Å². The van der Waals surface area contributed by atoms with Crippen molar-refractivity contribution in [2.45, 2.75) is 6.92 Å². The first-order chi connectivity index (χ1) is 8.56. The van der Waals surface area contributed by atoms with Gasteiger partial charge in [0.05, 0.1) is 19.3 Å². The van der Waals surface area contributed by atoms with Crippen molar-refractivity contribution in [2.24, 2.45) is 0 Å². The van der Waals surface area contributed by atoms with Crippen LogP contribution < -0.4 is 5.73 Å². The van der Waals surface area contributed by atoms with Crippen LogP contribution in [0.1, 0.15) is 22.8 Å². The SMILES string of the molecule is CCOC(=O)C=Cc1cc(N)cc(C(=O)OC)c1. The van der Waals surface area contributed by atoms with Crippen molar-refractivity contribution >= 4 is 23.7 Å². The van der Waals surface area contributed by atoms with E-state index in [9.17, 15) is 9.59 Å². The first kappa shape index (κ1) is 13.8. The molecule has 0 bridgehead atoms. The number of anilines is 1. The summed E-state index contributed by atoms with van der Waals surface area (Å²) in [5.74, 6) is -0.923. The second kappa shape index (κ2) is 6.44. The highest BCUT2D eigenvalue weighted by molar-refractivity contribution is 5.92. The molecule has 0 aliphatic rings. The number of benzene rings is 1. The van der Waals surface area contributed by atoms with Gasteiger partial charge in [-0.1, -0.05) is 0 Å². The Morgan fingerprint density at radius 1 is 1.33 bits per heavy atom. The van der Waals surface area contributed by atoms with Crippen LogP contribution in [-0.2, 0) is 14.3 Å². The number of carbonyl (C=O) groups is 2. The summed E-state index contributed by atoms with van der Waals surface area (Å²) < 4.78 is 9.34. The smallest absolute Gasteiger partial charge is 0.337 e. The second-order valence-electron chi connectivity index (χ2n) is 3.47. The van der Waals surface area contributed by atoms with Gasteiger partial charge in [-0.15, -0.1) is 0 Å². The van der Waals surface area contributed by atoms with E-state index in [0.29, 0.717) is 23.4 Å². The molecule has 0 fully saturated rings. The lowest BCUT2D eigenvalue weighted by molar-refractivity contribution is -0.137. The predicted octanol–water partition coefficient (Wildman–Crippen LogP) is 1.63. The molecule has 0 saturated heterocycles. The summed E-state index contributed by atoms with van der Waals surface area (Å²) in [5, 5.41) is 0. The highest BCUT2D eigenvalue weighted by Gasteiger charge is 2.06. The van der Waals surface area contributed by atoms with Gasteiger partial charge < -0.3 is 15.2 Å². The third-order valence-corrected chi connectivity index (χ3v) is 2.10. The molecule has 0 aliphatic heterocycles. The van der Waals surface area contributed by atoms with Gasteiger partial charge in [-0.2, -0.15) is 0 Å². The normalized spacial score (nSPS) is 10.3. The Morgan fingerprint density at radius 2 is 2.06 bits per heavy atom. The molecule has 0 aliphatic carbocycles. The summed E-state index contributed by atoms with van der Waals surface area (Å²) in [6.07, 6.45) is 2.81. The number of hydrogen-bond acceptors (Lipinski definition) is 5. The van der Waals surface area contributed by atoms with Gasteiger partial charge in [0.25, 0.3) is 0 Å². The molecule has 0 radical (unpaired) electrons. The molecule has 0 aromatic heterocycles. The fourth-order valence-corrected chi connectivity index (χ4v) is 1.36. The number of nitrogens with two attached hydrogens (primary N) is 1. The van der Waals surface area contributed by atoms with E-state index in [1.807, 2.05) is 0 Å². The molecule has 1 aromatic carbocycles. The van der Waals surface area contributed by atoms with Crippen LogP contribution in [0.15, 0.2) is 24.3 Å². The fraction of sp³-hybridized carbons (Fsp3) is 0.231. The van der Waals surface area contributed by atoms with Crippen molar-refractivity contribution in [3.05, 3.63) is 35.4 Å². The van der Waals surface area contributed by atoms with E-state index >= 15 is 0 Å². The number of carbonyl (C=O) groups excluding carboxylic acids is 2. The monoisotopic (exact) mass is 249 g/mol. The van der Waals surface area contributed by atoms with Gasteiger partial charge in [0, 0.05) is 11.8 Å². The van der Waals surface area contributed by atoms with Crippen LogP contribution in [0.3, 0.4) is 0 Å². The molecular formula is C13H15NO4. The molecule has 0 spiro atoms. The molecule has 0 heterocycles. The van der Waals surface area contributed by atoms with Crippen molar-refractivity contribution in [3.63, 3.8) is 0 Å². The summed E-state index contributed by atoms with van der Waals surface area (Å²) in [7, 11) is 1.29. The molecule has 5 heteroatoms. The average molecular weight is 249 g/mol. The lowest BCUT2D eigenvalue weighted by atomic mass is 10.1. The van der Waals surface area contributed by atoms with Gasteiger partial charge in [-0.25, -0.2) is 9.59 Å². The third-order valence-electron chi connectivity index (χ3n) is 2.10. The third kappa shape index (κ3) is 3.93. The highest BCUT2D eigenvalue weighted by atomic mass is 16.5. The van der Waals surface area contributed by atoms with Crippen LogP contribution in [0, 0.1) is 0 Å². The Kier molecular flexibility index (Phi) is 4.92. The summed E-state index contributed by atoms with van der Waals surface area (Å²) in [5.41, 5.74) is 7.04. The lowest BCUT2D eigenvalue weighted by Gasteiger charge is -2.03. The molecule has 0 atom stereocenters. The predicted molar refractivity (Wildman–Crippen MR) is 67.9 cm³/mol. The first-order valence-corrected chi connectivity index (χ1v) is 5.40. The number of ether oxygens (including phenoxy) is 2. The number of esters is 2. The van der Waals surface area contributed by atoms with E-state index in [-0.39, 0.29) is 0 Å². The zero-order valence-electron chi connectivity index (χ0n) is 10.3. The van der Waals surface area contributed by atoms with Crippen LogP contribution in [0.4, 0.5) is 5.69 Å². The number of nitrogen functional groups attached to an aromatic ring is 1. The standard InChI is InChI=1S/C13H15NO4/c1-3-18-12(15)5-4-9-6-10(13(16)17-2)8-11(14)7-9/h4-8H,3,14H2,1-2H3. The number of methoxy groups -OCH3 is 1. The maximum atomic E-state index is 11.4. The lowest BCUT2D eigenvalue weighted by Crippen LogP contribution is -2.03. The molecule has 0 unspecified atom stereocenters. The quantitative estimate of drug-likeness (QED) is 0.498. The van der Waals surface area contributed by atoms with Gasteiger partial charge in [-0.3, -0.25) is 0 Å². The Balaban J connectivity index is 2.93. The van der Waals surface area contributed by atoms with Crippen molar-refractivity contribution in [1.82, 2.24) is 0 Å². The topological polar surface area (TPSA) is 78.6 Å². The van der Waals surface area contributed by atoms with Crippen molar-refractivity contribution < 1.29 is 19.1 Å². The van der Waals surface area contributed by atoms with Crippen molar-refractivity contribution in [2.75, 3.05) is 19.5 Å². The number of hydrogen-bond donors (Lipinski definition) is 1. The van der Waals surface area contributed by atoms with Crippen LogP contribution in [-0.4, -0.2) is 25.7 Å². The van der Waals surface area contributed by atoms with Gasteiger partial charge in [0.2, 0.25) is 0 Å². The van der Waals surface area contributed by atoms with Gasteiger partial charge in [0.1, 0.15) is 0 Å². The molecular weight excluding hydrogens is 234 g/mol. The van der Waals surface area contributed by atoms with Crippen molar-refractivity contribution in [1.29, 1.82) is 0 Å². The van der Waals surface area contributed by atoms with E-state index in [1.165, 1.54) is 25.3 Å². The highest BCUT2D eigenvalue weighted by Crippen LogP contribution is 2.14. The fourth-order valence-electron chi connectivity index (χ4n) is 1.36. The maximum Gasteiger partial charge on any atom is 0.337 e. The average Bonchev–Trinajstić information content (AvgIpc) is 2.35. The van der Waals surface area contributed by atoms with Crippen molar-refractivity contribution in [3.8, 4) is 0 Å². The zero-order chi connectivity index (χ0) is 13.5. The summed E-state index contributed by atoms with van der Waals surface area (Å²) in [6, 6.07) is 4.73. The Labute approximate surface area is 105 Å². The van der Waals surface area contributed by atoms with Gasteiger partial charge in [0.15, 0.2) is 0 Å². The Bertz CT molecular complexity index is 480. The molecule has 5 nitrogen and oxygen atoms in total. The molecule has 0 saturated carbocycles. The molecule has 18 heavy (non-hydrogen) atoms. The first-order valence-electron chi connectivity index (χ1n) is 5.40. The summed E-state index contributed by atoms with van der Waals surface area (Å²) >= 11 is 0. The Morgan fingerprint density at radius 3 is 2.67 bits per heavy atom. The molecule has 2 N–H and O–H groups in total. The molecule has 96 valence electrons. The molecule has 0 amide bonds. The van der Waals surface area contributed by atoms with E-state index in [1.54, 1.807) is 19.1 Å². The van der Waals surface area contributed by atoms with Gasteiger partial charge >= 0.3 is 11.9 Å². The van der Waals surface area contributed by atoms with Crippen LogP contribution >= 0.6 is 0 Å².